The topological polar surface area (TPSA) is 12.0 Å². The quantitative estimate of drug-likeness (QED) is 0.718. The number of nitrogens with one attached hydrogen (secondary N) is 1. The second-order valence-electron chi connectivity index (χ2n) is 4.48. The van der Waals surface area contributed by atoms with Crippen LogP contribution in [0.5, 0.6) is 0 Å². The Bertz CT molecular complexity index is 646. The fraction of sp³-hybridized carbons (Fsp3) is 0.200. The van der Waals surface area contributed by atoms with Crippen molar-refractivity contribution in [2.24, 2.45) is 0 Å². The molecule has 1 nitrogen and oxygen atoms in total. The van der Waals surface area contributed by atoms with Crippen molar-refractivity contribution in [1.82, 2.24) is 5.32 Å². The van der Waals surface area contributed by atoms with Crippen molar-refractivity contribution in [3.63, 3.8) is 0 Å². The Morgan fingerprint density at radius 3 is 2.55 bits per heavy atom. The molecule has 106 valence electrons. The molecule has 0 saturated carbocycles. The lowest BCUT2D eigenvalue weighted by atomic mass is 9.96. The minimum Gasteiger partial charge on any atom is -0.309 e. The molecule has 0 saturated heterocycles. The van der Waals surface area contributed by atoms with Gasteiger partial charge in [-0.1, -0.05) is 17.7 Å². The van der Waals surface area contributed by atoms with Gasteiger partial charge in [0.1, 0.15) is 11.6 Å². The van der Waals surface area contributed by atoms with Crippen LogP contribution in [0.15, 0.2) is 30.3 Å². The normalized spacial score (nSPS) is 12.5. The standard InChI is InChI=1S/C15H13ClF2IN/c1-8-3-5-11(17)13(14(8)18)15(20-2)10-7-9(16)4-6-12(10)19/h3-7,15,20H,1-2H3. The van der Waals surface area contributed by atoms with Crippen LogP contribution < -0.4 is 5.32 Å². The van der Waals surface area contributed by atoms with Crippen LogP contribution in [-0.4, -0.2) is 7.05 Å². The highest BCUT2D eigenvalue weighted by molar-refractivity contribution is 14.1. The lowest BCUT2D eigenvalue weighted by molar-refractivity contribution is 0.517. The first-order valence-electron chi connectivity index (χ1n) is 6.02. The summed E-state index contributed by atoms with van der Waals surface area (Å²) in [4.78, 5) is 0. The van der Waals surface area contributed by atoms with Crippen LogP contribution in [0.4, 0.5) is 8.78 Å². The zero-order valence-corrected chi connectivity index (χ0v) is 13.9. The van der Waals surface area contributed by atoms with E-state index in [9.17, 15) is 8.78 Å². The van der Waals surface area contributed by atoms with Crippen molar-refractivity contribution in [3.8, 4) is 0 Å². The fourth-order valence-corrected chi connectivity index (χ4v) is 2.96. The fourth-order valence-electron chi connectivity index (χ4n) is 2.13. The average molecular weight is 408 g/mol. The lowest BCUT2D eigenvalue weighted by Crippen LogP contribution is -2.22. The van der Waals surface area contributed by atoms with E-state index in [0.29, 0.717) is 10.6 Å². The Morgan fingerprint density at radius 1 is 1.20 bits per heavy atom. The van der Waals surface area contributed by atoms with Crippen molar-refractivity contribution in [3.05, 3.63) is 67.2 Å². The van der Waals surface area contributed by atoms with Gasteiger partial charge in [-0.25, -0.2) is 8.78 Å². The number of halogens is 4. The number of hydrogen-bond donors (Lipinski definition) is 1. The van der Waals surface area contributed by atoms with Crippen LogP contribution in [0, 0.1) is 22.1 Å². The SMILES string of the molecule is CNC(c1cc(Cl)ccc1I)c1c(F)ccc(C)c1F. The molecule has 5 heteroatoms. The maximum atomic E-state index is 14.3. The van der Waals surface area contributed by atoms with Crippen LogP contribution in [0.1, 0.15) is 22.7 Å². The van der Waals surface area contributed by atoms with Gasteiger partial charge < -0.3 is 5.32 Å². The van der Waals surface area contributed by atoms with Crippen molar-refractivity contribution < 1.29 is 8.78 Å². The molecule has 0 spiro atoms. The highest BCUT2D eigenvalue weighted by atomic mass is 127. The second-order valence-corrected chi connectivity index (χ2v) is 6.08. The summed E-state index contributed by atoms with van der Waals surface area (Å²) in [6.07, 6.45) is 0. The molecule has 1 N–H and O–H groups in total. The molecular weight excluding hydrogens is 395 g/mol. The highest BCUT2D eigenvalue weighted by Gasteiger charge is 2.23. The first kappa shape index (κ1) is 15.7. The molecule has 2 aromatic rings. The van der Waals surface area contributed by atoms with Crippen LogP contribution in [0.25, 0.3) is 0 Å². The van der Waals surface area contributed by atoms with Crippen molar-refractivity contribution >= 4 is 34.2 Å². The molecule has 0 aromatic heterocycles. The minimum absolute atomic E-state index is 0.0210. The Balaban J connectivity index is 2.64. The largest absolute Gasteiger partial charge is 0.309 e. The molecule has 0 radical (unpaired) electrons. The van der Waals surface area contributed by atoms with E-state index >= 15 is 0 Å². The van der Waals surface area contributed by atoms with Crippen molar-refractivity contribution in [2.45, 2.75) is 13.0 Å². The maximum Gasteiger partial charge on any atom is 0.134 e. The van der Waals surface area contributed by atoms with Gasteiger partial charge in [-0.3, -0.25) is 0 Å². The van der Waals surface area contributed by atoms with E-state index < -0.39 is 17.7 Å². The lowest BCUT2D eigenvalue weighted by Gasteiger charge is -2.21. The molecule has 2 aromatic carbocycles. The third-order valence-electron chi connectivity index (χ3n) is 3.17. The molecule has 0 fully saturated rings. The Labute approximate surface area is 135 Å². The molecule has 0 amide bonds. The average Bonchev–Trinajstić information content (AvgIpc) is 2.42. The summed E-state index contributed by atoms with van der Waals surface area (Å²) in [7, 11) is 1.67. The van der Waals surface area contributed by atoms with Gasteiger partial charge in [0, 0.05) is 14.2 Å². The zero-order valence-electron chi connectivity index (χ0n) is 11.0. The molecule has 0 aliphatic rings. The summed E-state index contributed by atoms with van der Waals surface area (Å²) in [5.74, 6) is -1.09. The molecule has 20 heavy (non-hydrogen) atoms. The number of rotatable bonds is 3. The molecule has 0 aliphatic carbocycles. The predicted octanol–water partition coefficient (Wildman–Crippen LogP) is 4.84. The van der Waals surface area contributed by atoms with E-state index in [1.165, 1.54) is 12.1 Å². The third kappa shape index (κ3) is 2.97. The van der Waals surface area contributed by atoms with Crippen molar-refractivity contribution in [1.29, 1.82) is 0 Å². The number of hydrogen-bond acceptors (Lipinski definition) is 1. The van der Waals surface area contributed by atoms with E-state index in [-0.39, 0.29) is 5.56 Å². The van der Waals surface area contributed by atoms with E-state index in [1.54, 1.807) is 26.1 Å². The first-order chi connectivity index (χ1) is 9.45. The second kappa shape index (κ2) is 6.37. The van der Waals surface area contributed by atoms with Gasteiger partial charge in [-0.15, -0.1) is 0 Å². The van der Waals surface area contributed by atoms with Gasteiger partial charge in [0.2, 0.25) is 0 Å². The van der Waals surface area contributed by atoms with E-state index in [1.807, 2.05) is 6.07 Å². The predicted molar refractivity (Wildman–Crippen MR) is 86.2 cm³/mol. The van der Waals surface area contributed by atoms with Crippen LogP contribution in [-0.2, 0) is 0 Å². The first-order valence-corrected chi connectivity index (χ1v) is 7.48. The van der Waals surface area contributed by atoms with Gasteiger partial charge >= 0.3 is 0 Å². The molecule has 1 unspecified atom stereocenters. The summed E-state index contributed by atoms with van der Waals surface area (Å²) in [6, 6.07) is 7.45. The number of aryl methyl sites for hydroxylation is 1. The van der Waals surface area contributed by atoms with E-state index in [0.717, 1.165) is 9.13 Å². The summed E-state index contributed by atoms with van der Waals surface area (Å²) in [5.41, 5.74) is 1.19. The monoisotopic (exact) mass is 407 g/mol. The third-order valence-corrected chi connectivity index (χ3v) is 4.38. The Hall–Kier alpha value is -0.720. The molecule has 1 atom stereocenters. The smallest absolute Gasteiger partial charge is 0.134 e. The maximum absolute atomic E-state index is 14.3. The summed E-state index contributed by atoms with van der Waals surface area (Å²) in [5, 5.41) is 3.50. The van der Waals surface area contributed by atoms with E-state index in [2.05, 4.69) is 27.9 Å². The summed E-state index contributed by atoms with van der Waals surface area (Å²) >= 11 is 8.13. The molecular formula is C15H13ClF2IN. The Morgan fingerprint density at radius 2 is 1.90 bits per heavy atom. The van der Waals surface area contributed by atoms with Crippen LogP contribution in [0.2, 0.25) is 5.02 Å². The summed E-state index contributed by atoms with van der Waals surface area (Å²) in [6.45, 7) is 1.62. The van der Waals surface area contributed by atoms with Crippen LogP contribution in [0.3, 0.4) is 0 Å². The minimum atomic E-state index is -0.583. The van der Waals surface area contributed by atoms with Crippen LogP contribution >= 0.6 is 34.2 Å². The summed E-state index contributed by atoms with van der Waals surface area (Å²) < 4.78 is 29.3. The van der Waals surface area contributed by atoms with Gasteiger partial charge in [0.05, 0.1) is 6.04 Å². The van der Waals surface area contributed by atoms with Gasteiger partial charge in [-0.2, -0.15) is 0 Å². The Kier molecular flexibility index (Phi) is 4.99. The van der Waals surface area contributed by atoms with E-state index in [4.69, 9.17) is 11.6 Å². The van der Waals surface area contributed by atoms with Gasteiger partial charge in [0.15, 0.2) is 0 Å². The highest BCUT2D eigenvalue weighted by Crippen LogP contribution is 2.32. The van der Waals surface area contributed by atoms with Gasteiger partial charge in [0.25, 0.3) is 0 Å². The molecule has 0 aliphatic heterocycles. The van der Waals surface area contributed by atoms with Gasteiger partial charge in [-0.05, 0) is 72.0 Å². The van der Waals surface area contributed by atoms with Crippen molar-refractivity contribution in [2.75, 3.05) is 7.05 Å². The molecule has 2 rings (SSSR count). The molecule has 0 bridgehead atoms. The zero-order chi connectivity index (χ0) is 14.9. The molecule has 0 heterocycles. The number of benzene rings is 2.